The SMILES string of the molecule is COC(=O)CNC(=O)COC(=O)C1(c2ccc(Cl)cc2)CCCC1. The first-order valence-corrected chi connectivity index (χ1v) is 8.12. The molecule has 0 atom stereocenters. The molecule has 1 amide bonds. The molecule has 0 heterocycles. The van der Waals surface area contributed by atoms with E-state index in [1.54, 1.807) is 12.1 Å². The number of methoxy groups -OCH3 is 1. The minimum absolute atomic E-state index is 0.255. The van der Waals surface area contributed by atoms with Gasteiger partial charge in [-0.3, -0.25) is 14.4 Å². The van der Waals surface area contributed by atoms with Crippen molar-refractivity contribution in [3.8, 4) is 0 Å². The zero-order chi connectivity index (χ0) is 17.6. The summed E-state index contributed by atoms with van der Waals surface area (Å²) in [5, 5.41) is 2.93. The highest BCUT2D eigenvalue weighted by Gasteiger charge is 2.44. The number of hydrogen-bond donors (Lipinski definition) is 1. The van der Waals surface area contributed by atoms with Crippen LogP contribution in [0.4, 0.5) is 0 Å². The van der Waals surface area contributed by atoms with Crippen molar-refractivity contribution in [1.82, 2.24) is 5.32 Å². The smallest absolute Gasteiger partial charge is 0.325 e. The van der Waals surface area contributed by atoms with E-state index < -0.39 is 29.9 Å². The van der Waals surface area contributed by atoms with Gasteiger partial charge in [-0.2, -0.15) is 0 Å². The Kier molecular flexibility index (Phi) is 6.20. The molecule has 0 saturated heterocycles. The molecule has 1 aliphatic carbocycles. The first-order valence-electron chi connectivity index (χ1n) is 7.75. The van der Waals surface area contributed by atoms with Crippen LogP contribution >= 0.6 is 11.6 Å². The van der Waals surface area contributed by atoms with E-state index in [-0.39, 0.29) is 6.54 Å². The van der Waals surface area contributed by atoms with Gasteiger partial charge in [0.05, 0.1) is 12.5 Å². The molecule has 0 aliphatic heterocycles. The zero-order valence-electron chi connectivity index (χ0n) is 13.5. The van der Waals surface area contributed by atoms with E-state index in [0.29, 0.717) is 17.9 Å². The second-order valence-corrected chi connectivity index (χ2v) is 6.16. The Morgan fingerprint density at radius 1 is 1.17 bits per heavy atom. The Morgan fingerprint density at radius 3 is 2.38 bits per heavy atom. The number of hydrogen-bond acceptors (Lipinski definition) is 5. The third-order valence-corrected chi connectivity index (χ3v) is 4.49. The Hall–Kier alpha value is -2.08. The number of halogens is 1. The highest BCUT2D eigenvalue weighted by Crippen LogP contribution is 2.42. The van der Waals surface area contributed by atoms with Gasteiger partial charge >= 0.3 is 11.9 Å². The number of esters is 2. The molecule has 6 nitrogen and oxygen atoms in total. The first kappa shape index (κ1) is 18.3. The van der Waals surface area contributed by atoms with Gasteiger partial charge in [-0.1, -0.05) is 36.6 Å². The molecule has 130 valence electrons. The number of carbonyl (C=O) groups is 3. The quantitative estimate of drug-likeness (QED) is 0.791. The lowest BCUT2D eigenvalue weighted by atomic mass is 9.79. The van der Waals surface area contributed by atoms with Crippen molar-refractivity contribution in [2.24, 2.45) is 0 Å². The second kappa shape index (κ2) is 8.15. The summed E-state index contributed by atoms with van der Waals surface area (Å²) in [6, 6.07) is 7.14. The van der Waals surface area contributed by atoms with Gasteiger partial charge in [0.2, 0.25) is 0 Å². The summed E-state index contributed by atoms with van der Waals surface area (Å²) in [6.45, 7) is -0.680. The van der Waals surface area contributed by atoms with Crippen LogP contribution in [0.5, 0.6) is 0 Å². The molecule has 0 aromatic heterocycles. The number of amides is 1. The fourth-order valence-electron chi connectivity index (χ4n) is 2.92. The Balaban J connectivity index is 1.98. The average Bonchev–Trinajstić information content (AvgIpc) is 3.09. The summed E-state index contributed by atoms with van der Waals surface area (Å²) in [7, 11) is 1.23. The second-order valence-electron chi connectivity index (χ2n) is 5.73. The van der Waals surface area contributed by atoms with E-state index in [9.17, 15) is 14.4 Å². The summed E-state index contributed by atoms with van der Waals surface area (Å²) >= 11 is 5.91. The van der Waals surface area contributed by atoms with Crippen LogP contribution in [0, 0.1) is 0 Å². The summed E-state index contributed by atoms with van der Waals surface area (Å²) in [4.78, 5) is 35.3. The maximum atomic E-state index is 12.6. The zero-order valence-corrected chi connectivity index (χ0v) is 14.2. The van der Waals surface area contributed by atoms with Crippen molar-refractivity contribution in [3.63, 3.8) is 0 Å². The van der Waals surface area contributed by atoms with Crippen LogP contribution < -0.4 is 5.32 Å². The van der Waals surface area contributed by atoms with Gasteiger partial charge in [0.15, 0.2) is 6.61 Å². The number of benzene rings is 1. The van der Waals surface area contributed by atoms with Crippen molar-refractivity contribution in [2.45, 2.75) is 31.1 Å². The van der Waals surface area contributed by atoms with Crippen LogP contribution in [0.2, 0.25) is 5.02 Å². The van der Waals surface area contributed by atoms with Crippen LogP contribution in [-0.2, 0) is 29.3 Å². The first-order chi connectivity index (χ1) is 11.5. The molecule has 2 rings (SSSR count). The van der Waals surface area contributed by atoms with E-state index in [0.717, 1.165) is 18.4 Å². The lowest BCUT2D eigenvalue weighted by molar-refractivity contribution is -0.154. The number of carbonyl (C=O) groups excluding carboxylic acids is 3. The Morgan fingerprint density at radius 2 is 1.79 bits per heavy atom. The lowest BCUT2D eigenvalue weighted by Crippen LogP contribution is -2.38. The normalized spacial score (nSPS) is 15.6. The third-order valence-electron chi connectivity index (χ3n) is 4.24. The predicted octanol–water partition coefficient (Wildman–Crippen LogP) is 1.98. The lowest BCUT2D eigenvalue weighted by Gasteiger charge is -2.27. The molecule has 0 radical (unpaired) electrons. The predicted molar refractivity (Wildman–Crippen MR) is 87.6 cm³/mol. The van der Waals surface area contributed by atoms with E-state index in [1.165, 1.54) is 7.11 Å². The molecule has 1 saturated carbocycles. The number of ether oxygens (including phenoxy) is 2. The summed E-state index contributed by atoms with van der Waals surface area (Å²) in [6.07, 6.45) is 3.20. The maximum absolute atomic E-state index is 12.6. The van der Waals surface area contributed by atoms with Crippen molar-refractivity contribution < 1.29 is 23.9 Å². The van der Waals surface area contributed by atoms with Gasteiger partial charge in [0.25, 0.3) is 5.91 Å². The maximum Gasteiger partial charge on any atom is 0.325 e. The molecule has 1 fully saturated rings. The molecule has 1 aromatic carbocycles. The Labute approximate surface area is 145 Å². The fourth-order valence-corrected chi connectivity index (χ4v) is 3.05. The topological polar surface area (TPSA) is 81.7 Å². The van der Waals surface area contributed by atoms with E-state index in [1.807, 2.05) is 12.1 Å². The van der Waals surface area contributed by atoms with E-state index >= 15 is 0 Å². The standard InChI is InChI=1S/C17H20ClNO5/c1-23-15(21)10-19-14(20)11-24-16(22)17(8-2-3-9-17)12-4-6-13(18)7-5-12/h4-7H,2-3,8-11H2,1H3,(H,19,20). The van der Waals surface area contributed by atoms with Crippen LogP contribution in [0.1, 0.15) is 31.2 Å². The molecular formula is C17H20ClNO5. The van der Waals surface area contributed by atoms with Gasteiger partial charge in [-0.05, 0) is 30.5 Å². The minimum Gasteiger partial charge on any atom is -0.468 e. The summed E-state index contributed by atoms with van der Waals surface area (Å²) < 4.78 is 9.62. The summed E-state index contributed by atoms with van der Waals surface area (Å²) in [5.41, 5.74) is 0.122. The van der Waals surface area contributed by atoms with Crippen LogP contribution in [-0.4, -0.2) is 38.1 Å². The van der Waals surface area contributed by atoms with Crippen LogP contribution in [0.15, 0.2) is 24.3 Å². The van der Waals surface area contributed by atoms with Gasteiger partial charge in [0, 0.05) is 5.02 Å². The summed E-state index contributed by atoms with van der Waals surface area (Å²) in [5.74, 6) is -1.53. The highest BCUT2D eigenvalue weighted by molar-refractivity contribution is 6.30. The molecule has 0 spiro atoms. The largest absolute Gasteiger partial charge is 0.468 e. The van der Waals surface area contributed by atoms with Crippen LogP contribution in [0.3, 0.4) is 0 Å². The van der Waals surface area contributed by atoms with Crippen molar-refractivity contribution in [1.29, 1.82) is 0 Å². The van der Waals surface area contributed by atoms with Crippen molar-refractivity contribution >= 4 is 29.4 Å². The van der Waals surface area contributed by atoms with E-state index in [4.69, 9.17) is 16.3 Å². The fraction of sp³-hybridized carbons (Fsp3) is 0.471. The molecular weight excluding hydrogens is 334 g/mol. The third kappa shape index (κ3) is 4.26. The highest BCUT2D eigenvalue weighted by atomic mass is 35.5. The van der Waals surface area contributed by atoms with Gasteiger partial charge < -0.3 is 14.8 Å². The van der Waals surface area contributed by atoms with Gasteiger partial charge in [-0.15, -0.1) is 0 Å². The van der Waals surface area contributed by atoms with Gasteiger partial charge in [-0.25, -0.2) is 0 Å². The average molecular weight is 354 g/mol. The van der Waals surface area contributed by atoms with E-state index in [2.05, 4.69) is 10.1 Å². The number of nitrogens with one attached hydrogen (secondary N) is 1. The molecule has 0 unspecified atom stereocenters. The van der Waals surface area contributed by atoms with Crippen molar-refractivity contribution in [2.75, 3.05) is 20.3 Å². The minimum atomic E-state index is -0.729. The molecule has 24 heavy (non-hydrogen) atoms. The van der Waals surface area contributed by atoms with Crippen molar-refractivity contribution in [3.05, 3.63) is 34.9 Å². The molecule has 7 heteroatoms. The monoisotopic (exact) mass is 353 g/mol. The molecule has 1 aromatic rings. The number of rotatable bonds is 6. The van der Waals surface area contributed by atoms with Gasteiger partial charge in [0.1, 0.15) is 6.54 Å². The van der Waals surface area contributed by atoms with Crippen LogP contribution in [0.25, 0.3) is 0 Å². The molecule has 0 bridgehead atoms. The molecule has 1 N–H and O–H groups in total. The Bertz CT molecular complexity index is 608. The molecule has 1 aliphatic rings.